The first kappa shape index (κ1) is 23.6. The molecule has 0 fully saturated rings. The molecule has 11 heteroatoms. The molecule has 6 aromatic rings. The number of aromatic nitrogens is 1. The Morgan fingerprint density at radius 1 is 1.08 bits per heavy atom. The highest BCUT2D eigenvalue weighted by Gasteiger charge is 2.24. The van der Waals surface area contributed by atoms with E-state index in [4.69, 9.17) is 4.42 Å². The van der Waals surface area contributed by atoms with E-state index in [1.807, 2.05) is 25.1 Å². The van der Waals surface area contributed by atoms with Crippen LogP contribution in [0, 0.1) is 17.0 Å². The summed E-state index contributed by atoms with van der Waals surface area (Å²) in [5, 5.41) is 18.0. The average Bonchev–Trinajstić information content (AvgIpc) is 3.53. The van der Waals surface area contributed by atoms with Crippen molar-refractivity contribution >= 4 is 76.9 Å². The molecule has 0 spiro atoms. The Kier molecular flexibility index (Phi) is 5.78. The molecule has 1 amide bonds. The second-order valence-electron chi connectivity index (χ2n) is 8.44. The predicted molar refractivity (Wildman–Crippen MR) is 150 cm³/mol. The Hall–Kier alpha value is -4.74. The molecule has 0 radical (unpaired) electrons. The number of amides is 1. The first-order chi connectivity index (χ1) is 18.4. The molecule has 0 N–H and O–H groups in total. The molecule has 0 aliphatic carbocycles. The first-order valence-corrected chi connectivity index (χ1v) is 12.9. The van der Waals surface area contributed by atoms with Crippen LogP contribution in [0.3, 0.4) is 0 Å². The van der Waals surface area contributed by atoms with Gasteiger partial charge in [-0.25, -0.2) is 4.98 Å². The number of nitrogens with zero attached hydrogens (tertiary/aromatic N) is 4. The highest BCUT2D eigenvalue weighted by molar-refractivity contribution is 7.23. The minimum absolute atomic E-state index is 0.0613. The van der Waals surface area contributed by atoms with Gasteiger partial charge in [-0.2, -0.15) is 10.1 Å². The fourth-order valence-electron chi connectivity index (χ4n) is 3.96. The van der Waals surface area contributed by atoms with Crippen LogP contribution >= 0.6 is 22.7 Å². The number of aryl methyl sites for hydroxylation is 1. The van der Waals surface area contributed by atoms with Gasteiger partial charge in [0, 0.05) is 22.2 Å². The van der Waals surface area contributed by atoms with Crippen LogP contribution in [0.15, 0.2) is 87.3 Å². The standard InChI is InChI=1S/C27H16N4O5S2/c1-15-6-8-20-23(10-15)38-27(29-20)30(28-13-17-14-36-21-5-3-2-4-19(21)25(17)32)26(33)24-12-16-11-18(31(34)35)7-9-22(16)37-24/h2-14H,1H3/b28-13+. The third-order valence-corrected chi connectivity index (χ3v) is 7.94. The van der Waals surface area contributed by atoms with Crippen LogP contribution in [0.25, 0.3) is 31.3 Å². The predicted octanol–water partition coefficient (Wildman–Crippen LogP) is 6.51. The van der Waals surface area contributed by atoms with Crippen LogP contribution in [0.5, 0.6) is 0 Å². The third-order valence-electron chi connectivity index (χ3n) is 5.85. The van der Waals surface area contributed by atoms with Crippen LogP contribution in [0.4, 0.5) is 10.8 Å². The lowest BCUT2D eigenvalue weighted by Gasteiger charge is -2.12. The SMILES string of the molecule is Cc1ccc2nc(N(/N=C/c3coc4ccccc4c3=O)C(=O)c3cc4cc([N+](=O)[O-])ccc4s3)sc2c1. The number of non-ortho nitro benzene ring substituents is 1. The second-order valence-corrected chi connectivity index (χ2v) is 10.5. The molecule has 38 heavy (non-hydrogen) atoms. The number of carbonyl (C=O) groups excluding carboxylic acids is 1. The van der Waals surface area contributed by atoms with E-state index in [9.17, 15) is 19.7 Å². The molecule has 3 heterocycles. The van der Waals surface area contributed by atoms with E-state index < -0.39 is 10.8 Å². The maximum Gasteiger partial charge on any atom is 0.290 e. The zero-order chi connectivity index (χ0) is 26.4. The number of para-hydroxylation sites is 1. The highest BCUT2D eigenvalue weighted by Crippen LogP contribution is 2.34. The summed E-state index contributed by atoms with van der Waals surface area (Å²) in [4.78, 5) is 42.4. The van der Waals surface area contributed by atoms with Gasteiger partial charge in [0.05, 0.1) is 37.2 Å². The quantitative estimate of drug-likeness (QED) is 0.140. The summed E-state index contributed by atoms with van der Waals surface area (Å²) in [7, 11) is 0. The number of nitro benzene ring substituents is 1. The van der Waals surface area contributed by atoms with Crippen LogP contribution < -0.4 is 10.4 Å². The van der Waals surface area contributed by atoms with Gasteiger partial charge in [0.25, 0.3) is 11.6 Å². The topological polar surface area (TPSA) is 119 Å². The Morgan fingerprint density at radius 3 is 2.76 bits per heavy atom. The van der Waals surface area contributed by atoms with Crippen molar-refractivity contribution in [1.82, 2.24) is 4.98 Å². The number of hydrogen-bond acceptors (Lipinski definition) is 9. The van der Waals surface area contributed by atoms with Gasteiger partial charge in [0.1, 0.15) is 11.8 Å². The Balaban J connectivity index is 1.45. The van der Waals surface area contributed by atoms with Crippen molar-refractivity contribution in [2.75, 3.05) is 5.01 Å². The fourth-order valence-corrected chi connectivity index (χ4v) is 5.94. The smallest absolute Gasteiger partial charge is 0.290 e. The van der Waals surface area contributed by atoms with Crippen LogP contribution in [0.2, 0.25) is 0 Å². The largest absolute Gasteiger partial charge is 0.463 e. The minimum Gasteiger partial charge on any atom is -0.463 e. The molecule has 0 aliphatic heterocycles. The molecular formula is C27H16N4O5S2. The van der Waals surface area contributed by atoms with Crippen LogP contribution in [-0.2, 0) is 0 Å². The molecule has 186 valence electrons. The zero-order valence-electron chi connectivity index (χ0n) is 19.7. The summed E-state index contributed by atoms with van der Waals surface area (Å²) in [6, 6.07) is 18.7. The van der Waals surface area contributed by atoms with Crippen molar-refractivity contribution in [3.8, 4) is 0 Å². The van der Waals surface area contributed by atoms with Crippen molar-refractivity contribution in [3.63, 3.8) is 0 Å². The molecule has 0 aliphatic rings. The van der Waals surface area contributed by atoms with Gasteiger partial charge >= 0.3 is 0 Å². The number of rotatable bonds is 5. The zero-order valence-corrected chi connectivity index (χ0v) is 21.3. The molecule has 0 saturated carbocycles. The molecule has 3 aromatic heterocycles. The lowest BCUT2D eigenvalue weighted by atomic mass is 10.2. The van der Waals surface area contributed by atoms with Crippen LogP contribution in [0.1, 0.15) is 20.8 Å². The number of anilines is 1. The molecule has 0 saturated heterocycles. The molecule has 3 aromatic carbocycles. The molecule has 0 bridgehead atoms. The first-order valence-electron chi connectivity index (χ1n) is 11.3. The van der Waals surface area contributed by atoms with Gasteiger partial charge in [-0.05, 0) is 48.9 Å². The van der Waals surface area contributed by atoms with Crippen molar-refractivity contribution in [1.29, 1.82) is 0 Å². The van der Waals surface area contributed by atoms with Crippen molar-refractivity contribution in [2.24, 2.45) is 5.10 Å². The number of fused-ring (bicyclic) bond motifs is 3. The van der Waals surface area contributed by atoms with Gasteiger partial charge in [-0.3, -0.25) is 19.7 Å². The van der Waals surface area contributed by atoms with Gasteiger partial charge < -0.3 is 4.42 Å². The van der Waals surface area contributed by atoms with E-state index >= 15 is 0 Å². The number of hydrogen-bond donors (Lipinski definition) is 0. The molecule has 9 nitrogen and oxygen atoms in total. The summed E-state index contributed by atoms with van der Waals surface area (Å²) >= 11 is 2.49. The van der Waals surface area contributed by atoms with Gasteiger partial charge in [0.2, 0.25) is 10.6 Å². The van der Waals surface area contributed by atoms with E-state index in [-0.39, 0.29) is 16.7 Å². The average molecular weight is 541 g/mol. The second kappa shape index (κ2) is 9.29. The normalized spacial score (nSPS) is 11.6. The van der Waals surface area contributed by atoms with Crippen molar-refractivity contribution < 1.29 is 14.1 Å². The fraction of sp³-hybridized carbons (Fsp3) is 0.0370. The van der Waals surface area contributed by atoms with Crippen LogP contribution in [-0.4, -0.2) is 22.0 Å². The Bertz CT molecular complexity index is 1990. The summed E-state index contributed by atoms with van der Waals surface area (Å²) in [6.45, 7) is 1.97. The van der Waals surface area contributed by atoms with Gasteiger partial charge in [-0.15, -0.1) is 11.3 Å². The Labute approximate surface area is 222 Å². The molecule has 0 unspecified atom stereocenters. The molecule has 6 rings (SSSR count). The van der Waals surface area contributed by atoms with E-state index in [2.05, 4.69) is 10.1 Å². The number of carbonyl (C=O) groups is 1. The highest BCUT2D eigenvalue weighted by atomic mass is 32.1. The van der Waals surface area contributed by atoms with Crippen molar-refractivity contribution in [2.45, 2.75) is 6.92 Å². The summed E-state index contributed by atoms with van der Waals surface area (Å²) in [5.74, 6) is -0.481. The van der Waals surface area contributed by atoms with E-state index in [1.165, 1.54) is 47.3 Å². The lowest BCUT2D eigenvalue weighted by molar-refractivity contribution is -0.384. The number of thiazole rings is 1. The Morgan fingerprint density at radius 2 is 1.92 bits per heavy atom. The number of hydrazone groups is 1. The monoisotopic (exact) mass is 540 g/mol. The minimum atomic E-state index is -0.481. The van der Waals surface area contributed by atoms with Gasteiger partial charge in [0.15, 0.2) is 0 Å². The summed E-state index contributed by atoms with van der Waals surface area (Å²) < 4.78 is 7.18. The van der Waals surface area contributed by atoms with E-state index in [1.54, 1.807) is 36.4 Å². The van der Waals surface area contributed by atoms with Crippen molar-refractivity contribution in [3.05, 3.63) is 109 Å². The number of benzene rings is 3. The molecule has 0 atom stereocenters. The maximum absolute atomic E-state index is 13.7. The molecular weight excluding hydrogens is 524 g/mol. The number of nitro groups is 1. The number of thiophene rings is 1. The third kappa shape index (κ3) is 4.23. The lowest BCUT2D eigenvalue weighted by Crippen LogP contribution is -2.25. The van der Waals surface area contributed by atoms with E-state index in [0.29, 0.717) is 31.9 Å². The summed E-state index contributed by atoms with van der Waals surface area (Å²) in [6.07, 6.45) is 2.59. The maximum atomic E-state index is 13.7. The summed E-state index contributed by atoms with van der Waals surface area (Å²) in [5.41, 5.74) is 2.04. The van der Waals surface area contributed by atoms with Gasteiger partial charge in [-0.1, -0.05) is 29.5 Å². The van der Waals surface area contributed by atoms with E-state index in [0.717, 1.165) is 20.0 Å².